The van der Waals surface area contributed by atoms with Crippen molar-refractivity contribution in [1.82, 2.24) is 10.3 Å². The molecule has 1 N–H and O–H groups in total. The number of nitrogens with zero attached hydrogens (tertiary/aromatic N) is 1. The molecule has 1 amide bonds. The molecule has 2 aromatic rings. The zero-order valence-electron chi connectivity index (χ0n) is 11.9. The van der Waals surface area contributed by atoms with Gasteiger partial charge in [0.2, 0.25) is 0 Å². The summed E-state index contributed by atoms with van der Waals surface area (Å²) in [5, 5.41) is 3.69. The summed E-state index contributed by atoms with van der Waals surface area (Å²) in [6.07, 6.45) is 0.920. The normalized spacial score (nSPS) is 10.3. The van der Waals surface area contributed by atoms with Gasteiger partial charge in [-0.3, -0.25) is 4.79 Å². The molecule has 106 valence electrons. The Hall–Kier alpha value is -1.88. The van der Waals surface area contributed by atoms with Crippen molar-refractivity contribution in [3.63, 3.8) is 0 Å². The Morgan fingerprint density at radius 2 is 2.15 bits per heavy atom. The maximum Gasteiger partial charge on any atom is 0.263 e. The van der Waals surface area contributed by atoms with Gasteiger partial charge < -0.3 is 10.1 Å². The molecule has 1 aromatic carbocycles. The standard InChI is InChI=1S/C15H18N2O2S/c1-4-9-16-14(18)13-10(2)17-15(20-13)11-7-5-6-8-12(11)19-3/h5-8H,4,9H2,1-3H3,(H,16,18). The van der Waals surface area contributed by atoms with Crippen LogP contribution in [0.5, 0.6) is 5.75 Å². The van der Waals surface area contributed by atoms with E-state index in [-0.39, 0.29) is 5.91 Å². The Bertz CT molecular complexity index is 608. The topological polar surface area (TPSA) is 51.2 Å². The Balaban J connectivity index is 2.33. The van der Waals surface area contributed by atoms with Crippen LogP contribution in [0, 0.1) is 6.92 Å². The van der Waals surface area contributed by atoms with Gasteiger partial charge in [0.15, 0.2) is 0 Å². The predicted octanol–water partition coefficient (Wildman–Crippen LogP) is 3.27. The number of benzene rings is 1. The molecule has 1 heterocycles. The molecule has 0 radical (unpaired) electrons. The molecule has 0 bridgehead atoms. The summed E-state index contributed by atoms with van der Waals surface area (Å²) in [7, 11) is 1.63. The molecule has 0 unspecified atom stereocenters. The highest BCUT2D eigenvalue weighted by Gasteiger charge is 2.17. The molecule has 20 heavy (non-hydrogen) atoms. The van der Waals surface area contributed by atoms with E-state index in [0.29, 0.717) is 11.4 Å². The fourth-order valence-corrected chi connectivity index (χ4v) is 2.88. The second kappa shape index (κ2) is 6.52. The lowest BCUT2D eigenvalue weighted by atomic mass is 10.2. The van der Waals surface area contributed by atoms with Crippen LogP contribution in [0.2, 0.25) is 0 Å². The fourth-order valence-electron chi connectivity index (χ4n) is 1.86. The van der Waals surface area contributed by atoms with E-state index >= 15 is 0 Å². The minimum atomic E-state index is -0.0528. The van der Waals surface area contributed by atoms with E-state index in [0.717, 1.165) is 28.4 Å². The maximum absolute atomic E-state index is 12.1. The van der Waals surface area contributed by atoms with Crippen LogP contribution in [0.4, 0.5) is 0 Å². The lowest BCUT2D eigenvalue weighted by molar-refractivity contribution is 0.0957. The number of hydrogen-bond donors (Lipinski definition) is 1. The number of para-hydroxylation sites is 1. The second-order valence-corrected chi connectivity index (χ2v) is 5.39. The average Bonchev–Trinajstić information content (AvgIpc) is 2.86. The quantitative estimate of drug-likeness (QED) is 0.919. The van der Waals surface area contributed by atoms with Gasteiger partial charge in [-0.1, -0.05) is 19.1 Å². The number of ether oxygens (including phenoxy) is 1. The van der Waals surface area contributed by atoms with Crippen LogP contribution in [-0.4, -0.2) is 24.5 Å². The number of carbonyl (C=O) groups excluding carboxylic acids is 1. The molecule has 5 heteroatoms. The number of rotatable bonds is 5. The lowest BCUT2D eigenvalue weighted by Gasteiger charge is -2.04. The summed E-state index contributed by atoms with van der Waals surface area (Å²) in [4.78, 5) is 17.2. The zero-order valence-corrected chi connectivity index (χ0v) is 12.7. The van der Waals surface area contributed by atoms with Crippen LogP contribution >= 0.6 is 11.3 Å². The summed E-state index contributed by atoms with van der Waals surface area (Å²) in [6.45, 7) is 4.57. The summed E-state index contributed by atoms with van der Waals surface area (Å²) in [6, 6.07) is 7.69. The number of hydrogen-bond acceptors (Lipinski definition) is 4. The van der Waals surface area contributed by atoms with E-state index in [1.54, 1.807) is 7.11 Å². The van der Waals surface area contributed by atoms with Gasteiger partial charge >= 0.3 is 0 Å². The van der Waals surface area contributed by atoms with Crippen molar-refractivity contribution in [2.75, 3.05) is 13.7 Å². The third-order valence-corrected chi connectivity index (χ3v) is 4.07. The van der Waals surface area contributed by atoms with Crippen molar-refractivity contribution >= 4 is 17.2 Å². The maximum atomic E-state index is 12.1. The first kappa shape index (κ1) is 14.5. The van der Waals surface area contributed by atoms with Crippen LogP contribution in [-0.2, 0) is 0 Å². The van der Waals surface area contributed by atoms with Gasteiger partial charge in [-0.25, -0.2) is 4.98 Å². The number of carbonyl (C=O) groups is 1. The first-order chi connectivity index (χ1) is 9.67. The highest BCUT2D eigenvalue weighted by molar-refractivity contribution is 7.17. The van der Waals surface area contributed by atoms with Gasteiger partial charge in [-0.05, 0) is 25.5 Å². The van der Waals surface area contributed by atoms with Crippen LogP contribution in [0.1, 0.15) is 28.7 Å². The van der Waals surface area contributed by atoms with Crippen molar-refractivity contribution in [3.8, 4) is 16.3 Å². The molecular formula is C15H18N2O2S. The summed E-state index contributed by atoms with van der Waals surface area (Å²) in [5.74, 6) is 0.713. The number of aryl methyl sites for hydroxylation is 1. The number of amides is 1. The minimum absolute atomic E-state index is 0.0528. The minimum Gasteiger partial charge on any atom is -0.496 e. The van der Waals surface area contributed by atoms with Crippen molar-refractivity contribution in [2.45, 2.75) is 20.3 Å². The van der Waals surface area contributed by atoms with E-state index in [4.69, 9.17) is 4.74 Å². The highest BCUT2D eigenvalue weighted by atomic mass is 32.1. The third-order valence-electron chi connectivity index (χ3n) is 2.88. The monoisotopic (exact) mass is 290 g/mol. The first-order valence-electron chi connectivity index (χ1n) is 6.56. The van der Waals surface area contributed by atoms with Crippen molar-refractivity contribution in [1.29, 1.82) is 0 Å². The summed E-state index contributed by atoms with van der Waals surface area (Å²) < 4.78 is 5.34. The van der Waals surface area contributed by atoms with Crippen LogP contribution in [0.15, 0.2) is 24.3 Å². The number of thiazole rings is 1. The molecule has 2 rings (SSSR count). The Labute approximate surface area is 122 Å². The van der Waals surface area contributed by atoms with E-state index < -0.39 is 0 Å². The van der Waals surface area contributed by atoms with Crippen molar-refractivity contribution in [2.24, 2.45) is 0 Å². The van der Waals surface area contributed by atoms with Crippen LogP contribution in [0.3, 0.4) is 0 Å². The highest BCUT2D eigenvalue weighted by Crippen LogP contribution is 2.34. The molecule has 0 atom stereocenters. The van der Waals surface area contributed by atoms with E-state index in [2.05, 4.69) is 10.3 Å². The second-order valence-electron chi connectivity index (χ2n) is 4.39. The third kappa shape index (κ3) is 2.99. The first-order valence-corrected chi connectivity index (χ1v) is 7.38. The van der Waals surface area contributed by atoms with E-state index in [9.17, 15) is 4.79 Å². The molecule has 1 aromatic heterocycles. The van der Waals surface area contributed by atoms with Gasteiger partial charge in [0, 0.05) is 6.54 Å². The van der Waals surface area contributed by atoms with E-state index in [1.165, 1.54) is 11.3 Å². The molecule has 0 saturated heterocycles. The summed E-state index contributed by atoms with van der Waals surface area (Å²) in [5.41, 5.74) is 1.67. The van der Waals surface area contributed by atoms with Gasteiger partial charge in [0.25, 0.3) is 5.91 Å². The SMILES string of the molecule is CCCNC(=O)c1sc(-c2ccccc2OC)nc1C. The van der Waals surface area contributed by atoms with Gasteiger partial charge in [-0.15, -0.1) is 11.3 Å². The Morgan fingerprint density at radius 1 is 1.40 bits per heavy atom. The van der Waals surface area contributed by atoms with Gasteiger partial charge in [-0.2, -0.15) is 0 Å². The number of nitrogens with one attached hydrogen (secondary N) is 1. The molecule has 4 nitrogen and oxygen atoms in total. The number of aromatic nitrogens is 1. The predicted molar refractivity (Wildman–Crippen MR) is 81.5 cm³/mol. The zero-order chi connectivity index (χ0) is 14.5. The van der Waals surface area contributed by atoms with Gasteiger partial charge in [0.1, 0.15) is 15.6 Å². The molecule has 0 aliphatic rings. The van der Waals surface area contributed by atoms with E-state index in [1.807, 2.05) is 38.1 Å². The Kier molecular flexibility index (Phi) is 4.74. The smallest absolute Gasteiger partial charge is 0.263 e. The number of methoxy groups -OCH3 is 1. The average molecular weight is 290 g/mol. The van der Waals surface area contributed by atoms with Crippen molar-refractivity contribution in [3.05, 3.63) is 34.8 Å². The molecule has 0 aliphatic carbocycles. The summed E-state index contributed by atoms with van der Waals surface area (Å²) >= 11 is 1.40. The molecule has 0 spiro atoms. The van der Waals surface area contributed by atoms with Gasteiger partial charge in [0.05, 0.1) is 18.4 Å². The molecule has 0 aliphatic heterocycles. The lowest BCUT2D eigenvalue weighted by Crippen LogP contribution is -2.23. The van der Waals surface area contributed by atoms with Crippen LogP contribution in [0.25, 0.3) is 10.6 Å². The molecular weight excluding hydrogens is 272 g/mol. The van der Waals surface area contributed by atoms with Crippen molar-refractivity contribution < 1.29 is 9.53 Å². The molecule has 0 saturated carbocycles. The van der Waals surface area contributed by atoms with Crippen LogP contribution < -0.4 is 10.1 Å². The Morgan fingerprint density at radius 3 is 2.85 bits per heavy atom. The molecule has 0 fully saturated rings. The fraction of sp³-hybridized carbons (Fsp3) is 0.333. The largest absolute Gasteiger partial charge is 0.496 e.